The zero-order valence-electron chi connectivity index (χ0n) is 27.1. The first-order valence-electron chi connectivity index (χ1n) is 14.5. The SMILES string of the molecule is COc1cc(-c2ccc(N/N=C3\C=C(S(=O)(=O)O)c4ccccc4C3=O)c(OC)c2)ccc1N/N=C1/C=C(S(=O)(=O)O)c2ccccc2C1=O.[Na+]. The fraction of sp³-hybridized carbons (Fsp3) is 0.0588. The van der Waals surface area contributed by atoms with E-state index >= 15 is 0 Å². The first kappa shape index (κ1) is 37.3. The molecule has 17 heteroatoms. The first-order valence-corrected chi connectivity index (χ1v) is 17.4. The average Bonchev–Trinajstić information content (AvgIpc) is 3.10. The van der Waals surface area contributed by atoms with Gasteiger partial charge < -0.3 is 9.47 Å². The number of carbonyl (C=O) groups excluding carboxylic acids is 2. The molecule has 4 aromatic rings. The van der Waals surface area contributed by atoms with Crippen LogP contribution in [0.3, 0.4) is 0 Å². The number of methoxy groups -OCH3 is 2. The average molecular weight is 738 g/mol. The van der Waals surface area contributed by atoms with Crippen LogP contribution in [0.15, 0.2) is 107 Å². The molecule has 0 fully saturated rings. The molecule has 0 saturated carbocycles. The summed E-state index contributed by atoms with van der Waals surface area (Å²) in [5.74, 6) is -0.455. The van der Waals surface area contributed by atoms with Gasteiger partial charge in [-0.05, 0) is 47.5 Å². The van der Waals surface area contributed by atoms with Crippen molar-refractivity contribution in [3.05, 3.63) is 119 Å². The van der Waals surface area contributed by atoms with Gasteiger partial charge in [0.25, 0.3) is 20.2 Å². The van der Waals surface area contributed by atoms with Crippen LogP contribution in [0.5, 0.6) is 11.5 Å². The number of nitrogens with zero attached hydrogens (tertiary/aromatic N) is 2. The standard InChI is InChI=1S/C34H26N4O10S2.Na/c1-47-29-15-19(11-13-25(29)35-37-27-17-31(49(41,42)43)21-7-3-5-9-23(21)33(27)39)20-12-14-26(30(16-20)48-2)36-38-28-18-32(50(44,45)46)22-8-4-6-10-24(22)34(28)40;/h3-18,35-36H,1-2H3,(H,41,42,43)(H,44,45,46);/q;+1/b37-27-,38-28+;. The van der Waals surface area contributed by atoms with E-state index in [1.54, 1.807) is 60.7 Å². The number of fused-ring (bicyclic) bond motifs is 2. The van der Waals surface area contributed by atoms with Gasteiger partial charge in [0.2, 0.25) is 11.6 Å². The van der Waals surface area contributed by atoms with E-state index in [1.807, 2.05) is 0 Å². The van der Waals surface area contributed by atoms with Gasteiger partial charge in [-0.2, -0.15) is 27.0 Å². The number of Topliss-reactive ketones (excluding diaryl/α,β-unsaturated/α-hetero) is 2. The van der Waals surface area contributed by atoms with Crippen molar-refractivity contribution >= 4 is 64.4 Å². The topological polar surface area (TPSA) is 210 Å². The van der Waals surface area contributed by atoms with Crippen LogP contribution >= 0.6 is 0 Å². The largest absolute Gasteiger partial charge is 1.00 e. The second-order valence-corrected chi connectivity index (χ2v) is 13.5. The van der Waals surface area contributed by atoms with Gasteiger partial charge in [-0.15, -0.1) is 0 Å². The zero-order valence-corrected chi connectivity index (χ0v) is 30.7. The van der Waals surface area contributed by atoms with E-state index in [2.05, 4.69) is 21.1 Å². The van der Waals surface area contributed by atoms with Gasteiger partial charge in [-0.25, -0.2) is 0 Å². The predicted molar refractivity (Wildman–Crippen MR) is 188 cm³/mol. The molecule has 14 nitrogen and oxygen atoms in total. The molecular formula is C34H26N4NaO10S2+. The van der Waals surface area contributed by atoms with Gasteiger partial charge in [0, 0.05) is 22.3 Å². The van der Waals surface area contributed by atoms with E-state index in [-0.39, 0.29) is 63.2 Å². The molecule has 0 aromatic heterocycles. The van der Waals surface area contributed by atoms with E-state index in [4.69, 9.17) is 9.47 Å². The van der Waals surface area contributed by atoms with Crippen molar-refractivity contribution in [2.75, 3.05) is 25.1 Å². The molecule has 6 rings (SSSR count). The van der Waals surface area contributed by atoms with Crippen LogP contribution in [0.4, 0.5) is 11.4 Å². The van der Waals surface area contributed by atoms with Gasteiger partial charge in [-0.1, -0.05) is 60.7 Å². The van der Waals surface area contributed by atoms with Gasteiger partial charge in [0.05, 0.1) is 25.6 Å². The summed E-state index contributed by atoms with van der Waals surface area (Å²) in [7, 11) is -6.47. The summed E-state index contributed by atoms with van der Waals surface area (Å²) >= 11 is 0. The van der Waals surface area contributed by atoms with E-state index < -0.39 is 41.6 Å². The molecule has 0 bridgehead atoms. The van der Waals surface area contributed by atoms with Crippen LogP contribution in [0.1, 0.15) is 31.8 Å². The summed E-state index contributed by atoms with van der Waals surface area (Å²) in [4.78, 5) is 25.2. The number of ether oxygens (including phenoxy) is 2. The maximum absolute atomic E-state index is 13.0. The van der Waals surface area contributed by atoms with Crippen LogP contribution in [0, 0.1) is 0 Å². The van der Waals surface area contributed by atoms with Crippen molar-refractivity contribution in [2.45, 2.75) is 0 Å². The Labute approximate surface area is 314 Å². The number of nitrogens with one attached hydrogen (secondary N) is 2. The Morgan fingerprint density at radius 1 is 0.569 bits per heavy atom. The molecule has 0 atom stereocenters. The van der Waals surface area contributed by atoms with Gasteiger partial charge in [-0.3, -0.25) is 29.5 Å². The maximum atomic E-state index is 13.0. The van der Waals surface area contributed by atoms with E-state index in [1.165, 1.54) is 38.5 Å². The molecule has 51 heavy (non-hydrogen) atoms. The van der Waals surface area contributed by atoms with E-state index in [0.29, 0.717) is 34.0 Å². The van der Waals surface area contributed by atoms with Crippen LogP contribution in [0.25, 0.3) is 20.9 Å². The first-order chi connectivity index (χ1) is 23.8. The van der Waals surface area contributed by atoms with E-state index in [9.17, 15) is 35.5 Å². The van der Waals surface area contributed by atoms with Crippen molar-refractivity contribution in [1.82, 2.24) is 0 Å². The predicted octanol–water partition coefficient (Wildman–Crippen LogP) is 2.16. The molecule has 4 aromatic carbocycles. The quantitative estimate of drug-likeness (QED) is 0.111. The third-order valence-electron chi connectivity index (χ3n) is 7.76. The molecule has 0 saturated heterocycles. The van der Waals surface area contributed by atoms with Crippen LogP contribution in [-0.2, 0) is 20.2 Å². The Balaban J connectivity index is 0.00000504. The molecule has 0 amide bonds. The summed E-state index contributed by atoms with van der Waals surface area (Å²) in [6, 6.07) is 22.0. The number of benzene rings is 4. The molecule has 2 aliphatic rings. The second kappa shape index (κ2) is 14.7. The van der Waals surface area contributed by atoms with Crippen molar-refractivity contribution in [3.8, 4) is 22.6 Å². The van der Waals surface area contributed by atoms with Gasteiger partial charge >= 0.3 is 29.6 Å². The normalized spacial score (nSPS) is 15.6. The number of carbonyl (C=O) groups is 2. The fourth-order valence-electron chi connectivity index (χ4n) is 5.36. The summed E-state index contributed by atoms with van der Waals surface area (Å²) in [6.07, 6.45) is 1.99. The number of hydrogen-bond acceptors (Lipinski definition) is 12. The van der Waals surface area contributed by atoms with Gasteiger partial charge in [0.1, 0.15) is 32.7 Å². The summed E-state index contributed by atoms with van der Waals surface area (Å²) in [6.45, 7) is 0. The van der Waals surface area contributed by atoms with Crippen LogP contribution < -0.4 is 49.9 Å². The smallest absolute Gasteiger partial charge is 0.494 e. The Bertz CT molecular complexity index is 2290. The molecule has 0 spiro atoms. The van der Waals surface area contributed by atoms with Crippen molar-refractivity contribution in [3.63, 3.8) is 0 Å². The van der Waals surface area contributed by atoms with Gasteiger partial charge in [0.15, 0.2) is 0 Å². The number of rotatable bonds is 9. The summed E-state index contributed by atoms with van der Waals surface area (Å²) in [5, 5.41) is 8.22. The molecule has 0 heterocycles. The van der Waals surface area contributed by atoms with Crippen molar-refractivity contribution in [1.29, 1.82) is 0 Å². The zero-order chi connectivity index (χ0) is 35.8. The molecule has 0 unspecified atom stereocenters. The molecule has 4 N–H and O–H groups in total. The molecule has 0 aliphatic heterocycles. The molecule has 2 aliphatic carbocycles. The fourth-order valence-corrected chi connectivity index (χ4v) is 6.80. The third kappa shape index (κ3) is 7.57. The minimum Gasteiger partial charge on any atom is -0.494 e. The Morgan fingerprint density at radius 3 is 1.25 bits per heavy atom. The molecule has 0 radical (unpaired) electrons. The van der Waals surface area contributed by atoms with Crippen LogP contribution in [0.2, 0.25) is 0 Å². The Kier molecular flexibility index (Phi) is 10.8. The van der Waals surface area contributed by atoms with Crippen molar-refractivity contribution in [2.24, 2.45) is 10.2 Å². The minimum absolute atomic E-state index is 0. The summed E-state index contributed by atoms with van der Waals surface area (Å²) < 4.78 is 78.7. The number of allylic oxidation sites excluding steroid dienone is 2. The molecule has 254 valence electrons. The Morgan fingerprint density at radius 2 is 0.922 bits per heavy atom. The minimum atomic E-state index is -4.66. The van der Waals surface area contributed by atoms with E-state index in [0.717, 1.165) is 12.2 Å². The third-order valence-corrected chi connectivity index (χ3v) is 9.55. The summed E-state index contributed by atoms with van der Waals surface area (Å²) in [5.41, 5.74) is 7.28. The second-order valence-electron chi connectivity index (χ2n) is 10.8. The number of hydrazone groups is 2. The van der Waals surface area contributed by atoms with Crippen LogP contribution in [-0.4, -0.2) is 63.2 Å². The number of anilines is 2. The monoisotopic (exact) mass is 737 g/mol. The number of hydrogen-bond donors (Lipinski definition) is 4. The Hall–Kier alpha value is -4.94. The van der Waals surface area contributed by atoms with Crippen molar-refractivity contribution < 1.29 is 74.6 Å². The maximum Gasteiger partial charge on any atom is 1.00 e. The number of ketones is 2. The molecular weight excluding hydrogens is 712 g/mol.